The number of aliphatic imine (C=N–C) groups is 1. The van der Waals surface area contributed by atoms with E-state index in [2.05, 4.69) is 4.99 Å². The highest BCUT2D eigenvalue weighted by atomic mass is 32.2. The Morgan fingerprint density at radius 2 is 1.96 bits per heavy atom. The Bertz CT molecular complexity index is 757. The van der Waals surface area contributed by atoms with E-state index in [9.17, 15) is 13.2 Å². The van der Waals surface area contributed by atoms with Gasteiger partial charge in [0.1, 0.15) is 0 Å². The molecule has 1 aliphatic carbocycles. The van der Waals surface area contributed by atoms with Gasteiger partial charge in [-0.25, -0.2) is 8.42 Å². The third-order valence-corrected chi connectivity index (χ3v) is 7.75. The number of thioether (sulfide) groups is 1. The second-order valence-corrected chi connectivity index (χ2v) is 9.78. The standard InChI is InChI=1S/C16H18N2O3S2/c19-15(12-6-7-12)17-16-18(8-11-4-2-1-3-5-11)13-9-23(20,21)10-14(13)22-16/h1-5,12-14H,6-10H2/t13-,14-/m1/s1. The van der Waals surface area contributed by atoms with Crippen molar-refractivity contribution in [3.63, 3.8) is 0 Å². The van der Waals surface area contributed by atoms with E-state index in [0.717, 1.165) is 18.4 Å². The molecule has 1 amide bonds. The second-order valence-electron chi connectivity index (χ2n) is 6.42. The van der Waals surface area contributed by atoms with Crippen molar-refractivity contribution < 1.29 is 13.2 Å². The summed E-state index contributed by atoms with van der Waals surface area (Å²) in [6, 6.07) is 9.84. The van der Waals surface area contributed by atoms with Crippen LogP contribution in [0.5, 0.6) is 0 Å². The van der Waals surface area contributed by atoms with Crippen LogP contribution in [0.25, 0.3) is 0 Å². The lowest BCUT2D eigenvalue weighted by atomic mass is 10.1. The van der Waals surface area contributed by atoms with Crippen LogP contribution in [0.3, 0.4) is 0 Å². The van der Waals surface area contributed by atoms with E-state index in [4.69, 9.17) is 0 Å². The number of hydrogen-bond acceptors (Lipinski definition) is 4. The van der Waals surface area contributed by atoms with Crippen LogP contribution in [-0.2, 0) is 21.2 Å². The Hall–Kier alpha value is -1.34. The fourth-order valence-electron chi connectivity index (χ4n) is 3.12. The minimum Gasteiger partial charge on any atom is -0.342 e. The maximum absolute atomic E-state index is 12.1. The van der Waals surface area contributed by atoms with E-state index in [1.807, 2.05) is 35.2 Å². The van der Waals surface area contributed by atoms with E-state index in [1.54, 1.807) is 0 Å². The minimum absolute atomic E-state index is 0.00512. The molecule has 3 fully saturated rings. The van der Waals surface area contributed by atoms with Crippen LogP contribution >= 0.6 is 11.8 Å². The normalized spacial score (nSPS) is 30.6. The predicted molar refractivity (Wildman–Crippen MR) is 91.0 cm³/mol. The van der Waals surface area contributed by atoms with Gasteiger partial charge in [0, 0.05) is 17.7 Å². The van der Waals surface area contributed by atoms with Gasteiger partial charge in [-0.3, -0.25) is 4.79 Å². The van der Waals surface area contributed by atoms with Gasteiger partial charge in [-0.2, -0.15) is 4.99 Å². The Kier molecular flexibility index (Phi) is 3.72. The highest BCUT2D eigenvalue weighted by Gasteiger charge is 2.49. The summed E-state index contributed by atoms with van der Waals surface area (Å²) >= 11 is 1.46. The predicted octanol–water partition coefficient (Wildman–Crippen LogP) is 1.69. The Labute approximate surface area is 140 Å². The lowest BCUT2D eigenvalue weighted by Crippen LogP contribution is -2.37. The van der Waals surface area contributed by atoms with Gasteiger partial charge in [0.05, 0.1) is 17.5 Å². The number of nitrogens with zero attached hydrogens (tertiary/aromatic N) is 2. The lowest BCUT2D eigenvalue weighted by Gasteiger charge is -2.24. The van der Waals surface area contributed by atoms with Gasteiger partial charge in [0.25, 0.3) is 5.91 Å². The van der Waals surface area contributed by atoms with Gasteiger partial charge in [0.15, 0.2) is 15.0 Å². The molecule has 3 aliphatic rings. The number of benzene rings is 1. The molecule has 0 N–H and O–H groups in total. The van der Waals surface area contributed by atoms with Crippen molar-refractivity contribution in [1.29, 1.82) is 0 Å². The minimum atomic E-state index is -2.99. The van der Waals surface area contributed by atoms with Gasteiger partial charge >= 0.3 is 0 Å². The van der Waals surface area contributed by atoms with Crippen LogP contribution in [0.2, 0.25) is 0 Å². The van der Waals surface area contributed by atoms with Crippen molar-refractivity contribution in [3.8, 4) is 0 Å². The van der Waals surface area contributed by atoms with Crippen LogP contribution in [0.15, 0.2) is 35.3 Å². The molecule has 7 heteroatoms. The molecule has 5 nitrogen and oxygen atoms in total. The maximum atomic E-state index is 12.1. The lowest BCUT2D eigenvalue weighted by molar-refractivity contribution is -0.118. The number of carbonyl (C=O) groups excluding carboxylic acids is 1. The summed E-state index contributed by atoms with van der Waals surface area (Å²) < 4.78 is 23.9. The molecule has 0 radical (unpaired) electrons. The van der Waals surface area contributed by atoms with Gasteiger partial charge in [-0.05, 0) is 18.4 Å². The molecule has 0 unspecified atom stereocenters. The van der Waals surface area contributed by atoms with Crippen molar-refractivity contribution in [2.45, 2.75) is 30.7 Å². The molecule has 2 saturated heterocycles. The smallest absolute Gasteiger partial charge is 0.251 e. The SMILES string of the molecule is O=C(N=C1S[C@@H]2CS(=O)(=O)C[C@H]2N1Cc1ccccc1)C1CC1. The monoisotopic (exact) mass is 350 g/mol. The highest BCUT2D eigenvalue weighted by Crippen LogP contribution is 2.40. The quantitative estimate of drug-likeness (QED) is 0.830. The van der Waals surface area contributed by atoms with Gasteiger partial charge in [-0.1, -0.05) is 42.1 Å². The van der Waals surface area contributed by atoms with Crippen molar-refractivity contribution in [2.24, 2.45) is 10.9 Å². The number of fused-ring (bicyclic) bond motifs is 1. The molecular weight excluding hydrogens is 332 g/mol. The molecule has 4 rings (SSSR count). The fourth-order valence-corrected chi connectivity index (χ4v) is 7.07. The molecular formula is C16H18N2O3S2. The van der Waals surface area contributed by atoms with E-state index in [-0.39, 0.29) is 34.6 Å². The first kappa shape index (κ1) is 15.2. The number of hydrogen-bond donors (Lipinski definition) is 0. The first-order valence-corrected chi connectivity index (χ1v) is 10.5. The molecule has 0 bridgehead atoms. The molecule has 2 atom stereocenters. The molecule has 0 spiro atoms. The Morgan fingerprint density at radius 1 is 1.22 bits per heavy atom. The first-order chi connectivity index (χ1) is 11.0. The van der Waals surface area contributed by atoms with Crippen molar-refractivity contribution in [1.82, 2.24) is 4.90 Å². The largest absolute Gasteiger partial charge is 0.342 e. The second kappa shape index (κ2) is 5.63. The van der Waals surface area contributed by atoms with Gasteiger partial charge < -0.3 is 4.90 Å². The zero-order chi connectivity index (χ0) is 16.0. The zero-order valence-electron chi connectivity index (χ0n) is 12.6. The third kappa shape index (κ3) is 3.17. The van der Waals surface area contributed by atoms with Crippen LogP contribution in [0.4, 0.5) is 0 Å². The van der Waals surface area contributed by atoms with Crippen LogP contribution in [-0.4, -0.2) is 47.2 Å². The van der Waals surface area contributed by atoms with Crippen molar-refractivity contribution >= 4 is 32.7 Å². The zero-order valence-corrected chi connectivity index (χ0v) is 14.2. The van der Waals surface area contributed by atoms with Crippen molar-refractivity contribution in [2.75, 3.05) is 11.5 Å². The molecule has 1 saturated carbocycles. The number of amides is 1. The molecule has 0 aromatic heterocycles. The van der Waals surface area contributed by atoms with Gasteiger partial charge in [-0.15, -0.1) is 0 Å². The number of rotatable bonds is 3. The van der Waals surface area contributed by atoms with E-state index in [1.165, 1.54) is 11.8 Å². The summed E-state index contributed by atoms with van der Waals surface area (Å²) in [5.41, 5.74) is 1.10. The molecule has 1 aromatic carbocycles. The summed E-state index contributed by atoms with van der Waals surface area (Å²) in [5, 5.41) is 0.699. The van der Waals surface area contributed by atoms with Crippen LogP contribution in [0, 0.1) is 5.92 Å². The summed E-state index contributed by atoms with van der Waals surface area (Å²) in [6.45, 7) is 0.599. The summed E-state index contributed by atoms with van der Waals surface area (Å²) in [4.78, 5) is 18.4. The van der Waals surface area contributed by atoms with E-state index < -0.39 is 9.84 Å². The number of sulfone groups is 1. The Morgan fingerprint density at radius 3 is 2.65 bits per heavy atom. The van der Waals surface area contributed by atoms with Crippen molar-refractivity contribution in [3.05, 3.63) is 35.9 Å². The highest BCUT2D eigenvalue weighted by molar-refractivity contribution is 8.15. The molecule has 2 aliphatic heterocycles. The third-order valence-electron chi connectivity index (χ3n) is 4.50. The van der Waals surface area contributed by atoms with E-state index in [0.29, 0.717) is 11.7 Å². The molecule has 122 valence electrons. The molecule has 23 heavy (non-hydrogen) atoms. The van der Waals surface area contributed by atoms with Crippen LogP contribution in [0.1, 0.15) is 18.4 Å². The summed E-state index contributed by atoms with van der Waals surface area (Å²) in [6.07, 6.45) is 1.86. The summed E-state index contributed by atoms with van der Waals surface area (Å²) in [5.74, 6) is 0.387. The number of amidine groups is 1. The van der Waals surface area contributed by atoms with E-state index >= 15 is 0 Å². The molecule has 1 aromatic rings. The maximum Gasteiger partial charge on any atom is 0.251 e. The number of carbonyl (C=O) groups is 1. The molecule has 2 heterocycles. The van der Waals surface area contributed by atoms with Crippen LogP contribution < -0.4 is 0 Å². The first-order valence-electron chi connectivity index (χ1n) is 7.82. The Balaban J connectivity index is 1.62. The van der Waals surface area contributed by atoms with Gasteiger partial charge in [0.2, 0.25) is 0 Å². The average Bonchev–Trinajstić information content (AvgIpc) is 3.25. The summed E-state index contributed by atoms with van der Waals surface area (Å²) in [7, 11) is -2.99. The fraction of sp³-hybridized carbons (Fsp3) is 0.500. The topological polar surface area (TPSA) is 66.8 Å². The average molecular weight is 350 g/mol.